The number of carbonyl (C=O) groups excluding carboxylic acids is 2. The Balaban J connectivity index is 1.58. The van der Waals surface area contributed by atoms with Crippen LogP contribution in [0.15, 0.2) is 35.2 Å². The molecule has 2 aromatic rings. The first kappa shape index (κ1) is 29.8. The fraction of sp³-hybridized carbons (Fsp3) is 0.517. The van der Waals surface area contributed by atoms with Crippen LogP contribution in [0.2, 0.25) is 0 Å². The Hall–Kier alpha value is -2.75. The van der Waals surface area contributed by atoms with Crippen molar-refractivity contribution in [3.8, 4) is 5.75 Å². The number of rotatable bonds is 10. The Morgan fingerprint density at radius 2 is 1.71 bits per heavy atom. The van der Waals surface area contributed by atoms with Crippen LogP contribution in [-0.2, 0) is 33.4 Å². The highest BCUT2D eigenvalue weighted by Crippen LogP contribution is 2.27. The topological polar surface area (TPSA) is 82.2 Å². The molecular weight excluding hydrogens is 500 g/mol. The van der Waals surface area contributed by atoms with E-state index in [1.807, 2.05) is 26.0 Å². The second-order valence-corrected chi connectivity index (χ2v) is 11.7. The second kappa shape index (κ2) is 13.4. The van der Waals surface area contributed by atoms with Gasteiger partial charge in [-0.05, 0) is 80.1 Å². The molecule has 2 aromatic carbocycles. The normalized spacial score (nSPS) is 15.4. The molecule has 9 heteroatoms. The van der Waals surface area contributed by atoms with Gasteiger partial charge < -0.3 is 19.9 Å². The lowest BCUT2D eigenvalue weighted by Crippen LogP contribution is -2.43. The standard InChI is InChI=1S/C29H42N4O4S/c1-8-26(24-10-9-22-11-13-31(4)14-12-23(22)17-24)33(6)28(35)18-30-27(34)19-32(5)38(36)29-20(2)15-25(37-7)16-21(29)3/h9-10,15-17,26H,8,11-14,18-19H2,1-7H3,(H,30,34). The molecule has 3 rings (SSSR count). The summed E-state index contributed by atoms with van der Waals surface area (Å²) in [5.74, 6) is 0.187. The fourth-order valence-corrected chi connectivity index (χ4v) is 6.26. The largest absolute Gasteiger partial charge is 0.497 e. The first-order chi connectivity index (χ1) is 18.0. The average Bonchev–Trinajstić information content (AvgIpc) is 3.07. The van der Waals surface area contributed by atoms with Crippen LogP contribution in [0.5, 0.6) is 5.75 Å². The van der Waals surface area contributed by atoms with Crippen molar-refractivity contribution >= 4 is 22.8 Å². The van der Waals surface area contributed by atoms with Crippen molar-refractivity contribution < 1.29 is 18.5 Å². The van der Waals surface area contributed by atoms with E-state index >= 15 is 0 Å². The van der Waals surface area contributed by atoms with Gasteiger partial charge in [-0.2, -0.15) is 0 Å². The smallest absolute Gasteiger partial charge is 0.242 e. The first-order valence-electron chi connectivity index (χ1n) is 13.2. The number of likely N-dealkylation sites (N-methyl/N-ethyl adjacent to an activating group) is 3. The van der Waals surface area contributed by atoms with E-state index in [1.165, 1.54) is 15.4 Å². The summed E-state index contributed by atoms with van der Waals surface area (Å²) in [5, 5.41) is 2.71. The van der Waals surface area contributed by atoms with Crippen molar-refractivity contribution in [3.63, 3.8) is 0 Å². The molecule has 0 fully saturated rings. The number of hydrogen-bond donors (Lipinski definition) is 1. The molecule has 1 heterocycles. The summed E-state index contributed by atoms with van der Waals surface area (Å²) in [6.45, 7) is 7.71. The van der Waals surface area contributed by atoms with E-state index in [0.717, 1.165) is 49.0 Å². The number of amides is 2. The number of carbonyl (C=O) groups is 2. The van der Waals surface area contributed by atoms with Crippen LogP contribution in [0.1, 0.15) is 47.2 Å². The minimum Gasteiger partial charge on any atom is -0.497 e. The van der Waals surface area contributed by atoms with Crippen LogP contribution < -0.4 is 10.1 Å². The average molecular weight is 543 g/mol. The van der Waals surface area contributed by atoms with Gasteiger partial charge in [0.2, 0.25) is 11.8 Å². The third-order valence-corrected chi connectivity index (χ3v) is 9.01. The van der Waals surface area contributed by atoms with Gasteiger partial charge in [-0.15, -0.1) is 0 Å². The summed E-state index contributed by atoms with van der Waals surface area (Å²) in [5.41, 5.74) is 5.53. The van der Waals surface area contributed by atoms with Crippen molar-refractivity contribution in [1.82, 2.24) is 19.4 Å². The molecule has 2 atom stereocenters. The summed E-state index contributed by atoms with van der Waals surface area (Å²) in [6, 6.07) is 10.2. The number of methoxy groups -OCH3 is 1. The van der Waals surface area contributed by atoms with Gasteiger partial charge in [0.15, 0.2) is 0 Å². The molecule has 1 N–H and O–H groups in total. The van der Waals surface area contributed by atoms with E-state index < -0.39 is 11.0 Å². The molecule has 0 aliphatic carbocycles. The highest BCUT2D eigenvalue weighted by molar-refractivity contribution is 7.82. The highest BCUT2D eigenvalue weighted by atomic mass is 32.2. The lowest BCUT2D eigenvalue weighted by molar-refractivity contribution is -0.133. The van der Waals surface area contributed by atoms with Crippen molar-refractivity contribution in [3.05, 3.63) is 58.1 Å². The Labute approximate surface area is 229 Å². The number of ether oxygens (including phenoxy) is 1. The Kier molecular flexibility index (Phi) is 10.5. The first-order valence-corrected chi connectivity index (χ1v) is 14.3. The molecule has 2 unspecified atom stereocenters. The van der Waals surface area contributed by atoms with Crippen molar-refractivity contribution in [2.24, 2.45) is 0 Å². The van der Waals surface area contributed by atoms with Crippen molar-refractivity contribution in [2.45, 2.75) is 51.0 Å². The molecule has 2 amide bonds. The lowest BCUT2D eigenvalue weighted by Gasteiger charge is -2.29. The molecule has 1 aliphatic rings. The molecule has 1 aliphatic heterocycles. The number of fused-ring (bicyclic) bond motifs is 1. The number of benzene rings is 2. The highest BCUT2D eigenvalue weighted by Gasteiger charge is 2.23. The SMILES string of the molecule is CCC(c1ccc2c(c1)CCN(C)CC2)N(C)C(=O)CNC(=O)CN(C)S(=O)c1c(C)cc(OC)cc1C. The van der Waals surface area contributed by atoms with Crippen LogP contribution in [0.4, 0.5) is 0 Å². The van der Waals surface area contributed by atoms with Crippen LogP contribution in [-0.4, -0.2) is 84.6 Å². The predicted molar refractivity (Wildman–Crippen MR) is 152 cm³/mol. The zero-order valence-corrected chi connectivity index (χ0v) is 24.6. The number of nitrogens with zero attached hydrogens (tertiary/aromatic N) is 3. The second-order valence-electron chi connectivity index (χ2n) is 10.2. The summed E-state index contributed by atoms with van der Waals surface area (Å²) >= 11 is 0. The van der Waals surface area contributed by atoms with E-state index in [2.05, 4.69) is 42.4 Å². The maximum Gasteiger partial charge on any atom is 0.242 e. The molecule has 208 valence electrons. The van der Waals surface area contributed by atoms with Crippen LogP contribution in [0, 0.1) is 13.8 Å². The van der Waals surface area contributed by atoms with Gasteiger partial charge in [0, 0.05) is 27.2 Å². The Morgan fingerprint density at radius 3 is 2.32 bits per heavy atom. The van der Waals surface area contributed by atoms with Crippen molar-refractivity contribution in [1.29, 1.82) is 0 Å². The van der Waals surface area contributed by atoms with E-state index in [9.17, 15) is 13.8 Å². The lowest BCUT2D eigenvalue weighted by atomic mass is 9.95. The van der Waals surface area contributed by atoms with Gasteiger partial charge in [0.05, 0.1) is 31.1 Å². The molecule has 0 spiro atoms. The van der Waals surface area contributed by atoms with E-state index in [-0.39, 0.29) is 30.9 Å². The Morgan fingerprint density at radius 1 is 1.08 bits per heavy atom. The zero-order valence-electron chi connectivity index (χ0n) is 23.8. The zero-order chi connectivity index (χ0) is 28.0. The van der Waals surface area contributed by atoms with Crippen molar-refractivity contribution in [2.75, 3.05) is 54.4 Å². The van der Waals surface area contributed by atoms with Gasteiger partial charge in [-0.1, -0.05) is 25.1 Å². The monoisotopic (exact) mass is 542 g/mol. The number of aryl methyl sites for hydroxylation is 2. The van der Waals surface area contributed by atoms with Gasteiger partial charge in [-0.3, -0.25) is 9.59 Å². The summed E-state index contributed by atoms with van der Waals surface area (Å²) in [4.78, 5) is 30.4. The van der Waals surface area contributed by atoms with Gasteiger partial charge in [0.25, 0.3) is 0 Å². The predicted octanol–water partition coefficient (Wildman–Crippen LogP) is 3.02. The summed E-state index contributed by atoms with van der Waals surface area (Å²) in [6.07, 6.45) is 2.83. The quantitative estimate of drug-likeness (QED) is 0.499. The maximum atomic E-state index is 13.1. The molecular formula is C29H42N4O4S. The molecule has 0 radical (unpaired) electrons. The minimum absolute atomic E-state index is 0.0677. The minimum atomic E-state index is -1.53. The van der Waals surface area contributed by atoms with Gasteiger partial charge in [0.1, 0.15) is 16.7 Å². The molecule has 0 bridgehead atoms. The van der Waals surface area contributed by atoms with Gasteiger partial charge >= 0.3 is 0 Å². The molecule has 0 aromatic heterocycles. The Bertz CT molecular complexity index is 1160. The van der Waals surface area contributed by atoms with E-state index in [1.54, 1.807) is 26.1 Å². The third-order valence-electron chi connectivity index (χ3n) is 7.32. The van der Waals surface area contributed by atoms with Gasteiger partial charge in [-0.25, -0.2) is 8.51 Å². The molecule has 0 saturated heterocycles. The molecule has 0 saturated carbocycles. The summed E-state index contributed by atoms with van der Waals surface area (Å²) in [7, 11) is 5.64. The fourth-order valence-electron chi connectivity index (χ4n) is 5.05. The molecule has 8 nitrogen and oxygen atoms in total. The van der Waals surface area contributed by atoms with Crippen LogP contribution >= 0.6 is 0 Å². The summed E-state index contributed by atoms with van der Waals surface area (Å²) < 4.78 is 19.9. The maximum absolute atomic E-state index is 13.1. The molecule has 38 heavy (non-hydrogen) atoms. The van der Waals surface area contributed by atoms with E-state index in [4.69, 9.17) is 4.74 Å². The number of nitrogens with one attached hydrogen (secondary N) is 1. The van der Waals surface area contributed by atoms with E-state index in [0.29, 0.717) is 10.6 Å². The number of hydrogen-bond acceptors (Lipinski definition) is 5. The van der Waals surface area contributed by atoms with Crippen LogP contribution in [0.3, 0.4) is 0 Å². The van der Waals surface area contributed by atoms with Crippen LogP contribution in [0.25, 0.3) is 0 Å². The third kappa shape index (κ3) is 7.21.